The highest BCUT2D eigenvalue weighted by Gasteiger charge is 2.32. The second-order valence-electron chi connectivity index (χ2n) is 5.65. The van der Waals surface area contributed by atoms with Gasteiger partial charge in [0.05, 0.1) is 5.75 Å². The van der Waals surface area contributed by atoms with Crippen molar-refractivity contribution in [2.75, 3.05) is 18.8 Å². The van der Waals surface area contributed by atoms with Gasteiger partial charge in [0.15, 0.2) is 0 Å². The Labute approximate surface area is 115 Å². The maximum atomic E-state index is 12.3. The molecule has 0 aliphatic carbocycles. The van der Waals surface area contributed by atoms with Crippen LogP contribution in [0.25, 0.3) is 0 Å². The molecule has 0 radical (unpaired) electrons. The maximum Gasteiger partial charge on any atom is 0.218 e. The Hall–Kier alpha value is -1.07. The average molecular weight is 282 g/mol. The number of nitrogens with zero attached hydrogens (tertiary/aromatic N) is 1. The first-order valence-corrected chi connectivity index (χ1v) is 8.31. The molecule has 2 N–H and O–H groups in total. The summed E-state index contributed by atoms with van der Waals surface area (Å²) in [4.78, 5) is 0. The Morgan fingerprint density at radius 1 is 1.32 bits per heavy atom. The molecule has 1 heterocycles. The smallest absolute Gasteiger partial charge is 0.218 e. The van der Waals surface area contributed by atoms with Crippen LogP contribution in [0, 0.1) is 11.8 Å². The zero-order valence-electron chi connectivity index (χ0n) is 11.5. The fourth-order valence-electron chi connectivity index (χ4n) is 2.47. The quantitative estimate of drug-likeness (QED) is 0.860. The van der Waals surface area contributed by atoms with Crippen LogP contribution in [0.5, 0.6) is 0 Å². The van der Waals surface area contributed by atoms with E-state index < -0.39 is 10.0 Å². The van der Waals surface area contributed by atoms with Gasteiger partial charge in [0.2, 0.25) is 10.0 Å². The van der Waals surface area contributed by atoms with Crippen LogP contribution < -0.4 is 5.73 Å². The molecule has 0 saturated carbocycles. The largest absolute Gasteiger partial charge is 0.399 e. The van der Waals surface area contributed by atoms with Crippen molar-refractivity contribution in [3.63, 3.8) is 0 Å². The van der Waals surface area contributed by atoms with Gasteiger partial charge in [-0.1, -0.05) is 26.0 Å². The number of hydrogen-bond donors (Lipinski definition) is 1. The molecule has 5 heteroatoms. The van der Waals surface area contributed by atoms with Crippen molar-refractivity contribution in [2.24, 2.45) is 11.8 Å². The van der Waals surface area contributed by atoms with E-state index in [1.54, 1.807) is 28.6 Å². The minimum Gasteiger partial charge on any atom is -0.399 e. The van der Waals surface area contributed by atoms with Crippen molar-refractivity contribution >= 4 is 15.7 Å². The van der Waals surface area contributed by atoms with Gasteiger partial charge in [-0.15, -0.1) is 0 Å². The number of rotatable bonds is 4. The van der Waals surface area contributed by atoms with E-state index in [9.17, 15) is 8.42 Å². The first-order valence-electron chi connectivity index (χ1n) is 6.71. The van der Waals surface area contributed by atoms with Crippen LogP contribution in [0.3, 0.4) is 0 Å². The molecule has 1 saturated heterocycles. The van der Waals surface area contributed by atoms with Gasteiger partial charge in [-0.2, -0.15) is 0 Å². The SMILES string of the molecule is CC(C)C1CCN(S(=O)(=O)Cc2ccc(N)cc2)C1. The molecule has 1 aliphatic heterocycles. The van der Waals surface area contributed by atoms with E-state index in [-0.39, 0.29) is 5.75 Å². The van der Waals surface area contributed by atoms with E-state index in [1.807, 2.05) is 0 Å². The van der Waals surface area contributed by atoms with Gasteiger partial charge in [-0.3, -0.25) is 0 Å². The highest BCUT2D eigenvalue weighted by molar-refractivity contribution is 7.88. The molecule has 1 fully saturated rings. The normalized spacial score (nSPS) is 21.1. The molecule has 4 nitrogen and oxygen atoms in total. The van der Waals surface area contributed by atoms with Gasteiger partial charge >= 0.3 is 0 Å². The zero-order valence-corrected chi connectivity index (χ0v) is 12.4. The van der Waals surface area contributed by atoms with Gasteiger partial charge in [-0.05, 0) is 36.0 Å². The Bertz CT molecular complexity index is 523. The fraction of sp³-hybridized carbons (Fsp3) is 0.571. The van der Waals surface area contributed by atoms with E-state index in [2.05, 4.69) is 13.8 Å². The number of nitrogen functional groups attached to an aromatic ring is 1. The van der Waals surface area contributed by atoms with Crippen LogP contribution in [0.1, 0.15) is 25.8 Å². The fourth-order valence-corrected chi connectivity index (χ4v) is 4.06. The molecule has 19 heavy (non-hydrogen) atoms. The Morgan fingerprint density at radius 3 is 2.47 bits per heavy atom. The topological polar surface area (TPSA) is 63.4 Å². The number of anilines is 1. The standard InChI is InChI=1S/C14H22N2O2S/c1-11(2)13-7-8-16(9-13)19(17,18)10-12-3-5-14(15)6-4-12/h3-6,11,13H,7-10,15H2,1-2H3. The van der Waals surface area contributed by atoms with Crippen LogP contribution >= 0.6 is 0 Å². The zero-order chi connectivity index (χ0) is 14.0. The molecule has 0 aromatic heterocycles. The summed E-state index contributed by atoms with van der Waals surface area (Å²) in [6, 6.07) is 7.04. The third-order valence-corrected chi connectivity index (χ3v) is 5.67. The van der Waals surface area contributed by atoms with Crippen molar-refractivity contribution in [1.82, 2.24) is 4.31 Å². The van der Waals surface area contributed by atoms with Gasteiger partial charge in [0, 0.05) is 18.8 Å². The molecule has 1 unspecified atom stereocenters. The lowest BCUT2D eigenvalue weighted by molar-refractivity contribution is 0.388. The molecule has 0 amide bonds. The number of nitrogens with two attached hydrogens (primary N) is 1. The predicted octanol–water partition coefficient (Wildman–Crippen LogP) is 2.08. The van der Waals surface area contributed by atoms with E-state index >= 15 is 0 Å². The molecule has 0 bridgehead atoms. The number of hydrogen-bond acceptors (Lipinski definition) is 3. The third kappa shape index (κ3) is 3.48. The summed E-state index contributed by atoms with van der Waals surface area (Å²) >= 11 is 0. The van der Waals surface area contributed by atoms with Gasteiger partial charge in [0.25, 0.3) is 0 Å². The summed E-state index contributed by atoms with van der Waals surface area (Å²) in [6.07, 6.45) is 0.971. The maximum absolute atomic E-state index is 12.3. The molecule has 2 rings (SSSR count). The van der Waals surface area contributed by atoms with Gasteiger partial charge < -0.3 is 5.73 Å². The highest BCUT2D eigenvalue weighted by Crippen LogP contribution is 2.27. The van der Waals surface area contributed by atoms with Crippen LogP contribution in [0.4, 0.5) is 5.69 Å². The Balaban J connectivity index is 2.05. The molecule has 1 aromatic carbocycles. The number of sulfonamides is 1. The van der Waals surface area contributed by atoms with E-state index in [4.69, 9.17) is 5.73 Å². The molecular weight excluding hydrogens is 260 g/mol. The van der Waals surface area contributed by atoms with Crippen LogP contribution in [0.15, 0.2) is 24.3 Å². The monoisotopic (exact) mass is 282 g/mol. The van der Waals surface area contributed by atoms with Crippen molar-refractivity contribution in [2.45, 2.75) is 26.0 Å². The van der Waals surface area contributed by atoms with Crippen LogP contribution in [-0.2, 0) is 15.8 Å². The molecule has 0 spiro atoms. The first-order chi connectivity index (χ1) is 8.88. The molecule has 1 aromatic rings. The lowest BCUT2D eigenvalue weighted by Gasteiger charge is -2.18. The van der Waals surface area contributed by atoms with Crippen LogP contribution in [-0.4, -0.2) is 25.8 Å². The van der Waals surface area contributed by atoms with Crippen molar-refractivity contribution in [3.8, 4) is 0 Å². The lowest BCUT2D eigenvalue weighted by Crippen LogP contribution is -2.30. The highest BCUT2D eigenvalue weighted by atomic mass is 32.2. The Morgan fingerprint density at radius 2 is 1.95 bits per heavy atom. The van der Waals surface area contributed by atoms with E-state index in [1.165, 1.54) is 0 Å². The summed E-state index contributed by atoms with van der Waals surface area (Å²) in [5, 5.41) is 0. The molecular formula is C14H22N2O2S. The molecule has 106 valence electrons. The van der Waals surface area contributed by atoms with Crippen molar-refractivity contribution < 1.29 is 8.42 Å². The summed E-state index contributed by atoms with van der Waals surface area (Å²) in [6.45, 7) is 5.62. The predicted molar refractivity (Wildman–Crippen MR) is 78.0 cm³/mol. The third-order valence-electron chi connectivity index (χ3n) is 3.85. The van der Waals surface area contributed by atoms with Gasteiger partial charge in [-0.25, -0.2) is 12.7 Å². The summed E-state index contributed by atoms with van der Waals surface area (Å²) < 4.78 is 26.3. The van der Waals surface area contributed by atoms with Crippen LogP contribution in [0.2, 0.25) is 0 Å². The summed E-state index contributed by atoms with van der Waals surface area (Å²) in [7, 11) is -3.20. The average Bonchev–Trinajstić information content (AvgIpc) is 2.82. The lowest BCUT2D eigenvalue weighted by atomic mass is 9.96. The molecule has 1 aliphatic rings. The minimum atomic E-state index is -3.20. The van der Waals surface area contributed by atoms with E-state index in [0.717, 1.165) is 12.0 Å². The number of benzene rings is 1. The summed E-state index contributed by atoms with van der Waals surface area (Å²) in [5.41, 5.74) is 7.05. The van der Waals surface area contributed by atoms with Crippen molar-refractivity contribution in [3.05, 3.63) is 29.8 Å². The second kappa shape index (κ2) is 5.51. The van der Waals surface area contributed by atoms with Gasteiger partial charge in [0.1, 0.15) is 0 Å². The first kappa shape index (κ1) is 14.3. The minimum absolute atomic E-state index is 0.0676. The van der Waals surface area contributed by atoms with E-state index in [0.29, 0.717) is 30.6 Å². The second-order valence-corrected chi connectivity index (χ2v) is 7.62. The Kier molecular flexibility index (Phi) is 4.16. The van der Waals surface area contributed by atoms with Crippen molar-refractivity contribution in [1.29, 1.82) is 0 Å². The summed E-state index contributed by atoms with van der Waals surface area (Å²) in [5.74, 6) is 1.09. The molecule has 1 atom stereocenters.